The lowest BCUT2D eigenvalue weighted by Gasteiger charge is -2.16. The molecule has 2 N–H and O–H groups in total. The van der Waals surface area contributed by atoms with E-state index in [1.165, 1.54) is 29.5 Å². The van der Waals surface area contributed by atoms with Crippen LogP contribution in [0.2, 0.25) is 0 Å². The van der Waals surface area contributed by atoms with Gasteiger partial charge in [0.1, 0.15) is 0 Å². The smallest absolute Gasteiger partial charge is 0.305 e. The van der Waals surface area contributed by atoms with Gasteiger partial charge in [-0.05, 0) is 17.5 Å². The quantitative estimate of drug-likeness (QED) is 0.752. The fraction of sp³-hybridized carbons (Fsp3) is 0.143. The molecule has 0 spiro atoms. The normalized spacial score (nSPS) is 12.7. The molecule has 2 rings (SSSR count). The van der Waals surface area contributed by atoms with Crippen LogP contribution in [0.5, 0.6) is 0 Å². The number of sulfonamides is 1. The third kappa shape index (κ3) is 3.79. The maximum absolute atomic E-state index is 12.4. The van der Waals surface area contributed by atoms with Gasteiger partial charge >= 0.3 is 5.97 Å². The van der Waals surface area contributed by atoms with Crippen LogP contribution in [-0.2, 0) is 14.8 Å². The number of hydrogen-bond donors (Lipinski definition) is 2. The Hall–Kier alpha value is -2.03. The van der Waals surface area contributed by atoms with Crippen LogP contribution in [0.1, 0.15) is 27.7 Å². The standard InChI is InChI=1S/C14H13NO5S2/c16-9-10-4-1-2-6-13(10)22(19,20)15-11(8-14(17)18)12-5-3-7-21-12/h1-7,9,11,15H,8H2,(H,17,18). The average Bonchev–Trinajstić information content (AvgIpc) is 3.00. The van der Waals surface area contributed by atoms with Crippen LogP contribution in [-0.4, -0.2) is 25.8 Å². The molecular weight excluding hydrogens is 326 g/mol. The van der Waals surface area contributed by atoms with Crippen LogP contribution in [0.15, 0.2) is 46.7 Å². The van der Waals surface area contributed by atoms with Gasteiger partial charge in [0.15, 0.2) is 6.29 Å². The zero-order valence-electron chi connectivity index (χ0n) is 11.3. The molecule has 0 aliphatic rings. The van der Waals surface area contributed by atoms with Crippen molar-refractivity contribution in [2.75, 3.05) is 0 Å². The summed E-state index contributed by atoms with van der Waals surface area (Å²) in [5.41, 5.74) is 0.0234. The summed E-state index contributed by atoms with van der Waals surface area (Å²) in [4.78, 5) is 22.4. The minimum absolute atomic E-state index is 0.0234. The summed E-state index contributed by atoms with van der Waals surface area (Å²) >= 11 is 1.26. The van der Waals surface area contributed by atoms with E-state index in [0.717, 1.165) is 0 Å². The third-order valence-corrected chi connectivity index (χ3v) is 5.43. The average molecular weight is 339 g/mol. The number of hydrogen-bond acceptors (Lipinski definition) is 5. The Bertz CT molecular complexity index is 768. The van der Waals surface area contributed by atoms with Gasteiger partial charge in [-0.25, -0.2) is 13.1 Å². The summed E-state index contributed by atoms with van der Waals surface area (Å²) in [7, 11) is -4.01. The fourth-order valence-corrected chi connectivity index (χ4v) is 4.19. The van der Waals surface area contributed by atoms with E-state index in [4.69, 9.17) is 5.11 Å². The Morgan fingerprint density at radius 1 is 1.27 bits per heavy atom. The lowest BCUT2D eigenvalue weighted by molar-refractivity contribution is -0.137. The highest BCUT2D eigenvalue weighted by Crippen LogP contribution is 2.25. The van der Waals surface area contributed by atoms with Crippen molar-refractivity contribution in [1.82, 2.24) is 4.72 Å². The second kappa shape index (κ2) is 6.82. The van der Waals surface area contributed by atoms with Crippen LogP contribution >= 0.6 is 11.3 Å². The SMILES string of the molecule is O=Cc1ccccc1S(=O)(=O)NC(CC(=O)O)c1cccs1. The highest BCUT2D eigenvalue weighted by molar-refractivity contribution is 7.89. The zero-order chi connectivity index (χ0) is 16.2. The van der Waals surface area contributed by atoms with Crippen molar-refractivity contribution in [3.05, 3.63) is 52.2 Å². The second-order valence-electron chi connectivity index (χ2n) is 4.44. The van der Waals surface area contributed by atoms with Gasteiger partial charge < -0.3 is 5.11 Å². The number of carbonyl (C=O) groups is 2. The highest BCUT2D eigenvalue weighted by atomic mass is 32.2. The van der Waals surface area contributed by atoms with Crippen molar-refractivity contribution in [2.24, 2.45) is 0 Å². The van der Waals surface area contributed by atoms with Gasteiger partial charge in [-0.15, -0.1) is 11.3 Å². The first-order valence-corrected chi connectivity index (χ1v) is 8.62. The molecule has 0 saturated carbocycles. The van der Waals surface area contributed by atoms with Crippen LogP contribution in [0.25, 0.3) is 0 Å². The third-order valence-electron chi connectivity index (χ3n) is 2.90. The molecular formula is C14H13NO5S2. The van der Waals surface area contributed by atoms with Gasteiger partial charge in [0, 0.05) is 10.4 Å². The molecule has 0 bridgehead atoms. The van der Waals surface area contributed by atoms with Crippen molar-refractivity contribution >= 4 is 33.6 Å². The molecule has 0 aliphatic heterocycles. The molecule has 6 nitrogen and oxygen atoms in total. The van der Waals surface area contributed by atoms with Gasteiger partial charge in [-0.1, -0.05) is 24.3 Å². The first kappa shape index (κ1) is 16.3. The van der Waals surface area contributed by atoms with Crippen molar-refractivity contribution in [2.45, 2.75) is 17.4 Å². The Morgan fingerprint density at radius 2 is 2.00 bits per heavy atom. The molecule has 8 heteroatoms. The second-order valence-corrected chi connectivity index (χ2v) is 7.10. The van der Waals surface area contributed by atoms with Crippen molar-refractivity contribution < 1.29 is 23.1 Å². The predicted octanol–water partition coefficient (Wildman–Crippen LogP) is 2.05. The summed E-state index contributed by atoms with van der Waals surface area (Å²) in [6.07, 6.45) is 0.0644. The minimum Gasteiger partial charge on any atom is -0.481 e. The highest BCUT2D eigenvalue weighted by Gasteiger charge is 2.25. The van der Waals surface area contributed by atoms with E-state index in [1.807, 2.05) is 0 Å². The van der Waals surface area contributed by atoms with E-state index in [-0.39, 0.29) is 16.9 Å². The molecule has 22 heavy (non-hydrogen) atoms. The van der Waals surface area contributed by atoms with Gasteiger partial charge in [0.25, 0.3) is 0 Å². The van der Waals surface area contributed by atoms with Crippen molar-refractivity contribution in [3.63, 3.8) is 0 Å². The summed E-state index contributed by atoms with van der Waals surface area (Å²) in [6, 6.07) is 8.23. The van der Waals surface area contributed by atoms with E-state index in [0.29, 0.717) is 11.2 Å². The summed E-state index contributed by atoms with van der Waals surface area (Å²) < 4.78 is 27.2. The lowest BCUT2D eigenvalue weighted by Crippen LogP contribution is -2.30. The molecule has 0 radical (unpaired) electrons. The van der Waals surface area contributed by atoms with E-state index in [2.05, 4.69) is 4.72 Å². The van der Waals surface area contributed by atoms with Crippen LogP contribution in [0.4, 0.5) is 0 Å². The van der Waals surface area contributed by atoms with E-state index in [1.54, 1.807) is 23.6 Å². The topological polar surface area (TPSA) is 101 Å². The Labute approximate surface area is 131 Å². The number of rotatable bonds is 7. The zero-order valence-corrected chi connectivity index (χ0v) is 12.9. The van der Waals surface area contributed by atoms with Crippen LogP contribution in [0, 0.1) is 0 Å². The van der Waals surface area contributed by atoms with Gasteiger partial charge in [-0.2, -0.15) is 0 Å². The Morgan fingerprint density at radius 3 is 2.59 bits per heavy atom. The fourth-order valence-electron chi connectivity index (χ4n) is 1.94. The molecule has 116 valence electrons. The molecule has 0 aliphatic carbocycles. The maximum Gasteiger partial charge on any atom is 0.305 e. The maximum atomic E-state index is 12.4. The molecule has 1 heterocycles. The largest absolute Gasteiger partial charge is 0.481 e. The number of carbonyl (C=O) groups excluding carboxylic acids is 1. The first-order valence-electron chi connectivity index (χ1n) is 6.26. The number of carboxylic acids is 1. The van der Waals surface area contributed by atoms with Gasteiger partial charge in [0.05, 0.1) is 17.4 Å². The Kier molecular flexibility index (Phi) is 5.07. The Balaban J connectivity index is 2.36. The summed E-state index contributed by atoms with van der Waals surface area (Å²) in [6.45, 7) is 0. The van der Waals surface area contributed by atoms with Crippen LogP contribution < -0.4 is 4.72 Å². The van der Waals surface area contributed by atoms with E-state index >= 15 is 0 Å². The molecule has 0 saturated heterocycles. The monoisotopic (exact) mass is 339 g/mol. The molecule has 2 aromatic rings. The van der Waals surface area contributed by atoms with Gasteiger partial charge in [-0.3, -0.25) is 9.59 Å². The molecule has 0 amide bonds. The number of aliphatic carboxylic acids is 1. The van der Waals surface area contributed by atoms with Crippen molar-refractivity contribution in [3.8, 4) is 0 Å². The lowest BCUT2D eigenvalue weighted by atomic mass is 10.2. The molecule has 1 aromatic heterocycles. The molecule has 0 fully saturated rings. The summed E-state index contributed by atoms with van der Waals surface area (Å²) in [5.74, 6) is -1.12. The number of nitrogens with one attached hydrogen (secondary N) is 1. The van der Waals surface area contributed by atoms with E-state index in [9.17, 15) is 18.0 Å². The molecule has 1 atom stereocenters. The molecule has 1 aromatic carbocycles. The number of aldehydes is 1. The minimum atomic E-state index is -4.01. The molecule has 1 unspecified atom stereocenters. The number of benzene rings is 1. The predicted molar refractivity (Wildman–Crippen MR) is 81.5 cm³/mol. The number of thiophene rings is 1. The number of carboxylic acid groups (broad SMARTS) is 1. The van der Waals surface area contributed by atoms with Gasteiger partial charge in [0.2, 0.25) is 10.0 Å². The summed E-state index contributed by atoms with van der Waals surface area (Å²) in [5, 5.41) is 10.7. The van der Waals surface area contributed by atoms with Crippen LogP contribution in [0.3, 0.4) is 0 Å². The first-order chi connectivity index (χ1) is 10.4. The van der Waals surface area contributed by atoms with Crippen molar-refractivity contribution in [1.29, 1.82) is 0 Å². The van der Waals surface area contributed by atoms with E-state index < -0.39 is 22.0 Å².